The average Bonchev–Trinajstić information content (AvgIpc) is 3.32. The molecule has 9 nitrogen and oxygen atoms in total. The second kappa shape index (κ2) is 11.2. The van der Waals surface area contributed by atoms with Gasteiger partial charge in [-0.1, -0.05) is 18.2 Å². The number of nitrogens with two attached hydrogens (primary N) is 1. The van der Waals surface area contributed by atoms with Crippen LogP contribution in [0.5, 0.6) is 0 Å². The predicted octanol–water partition coefficient (Wildman–Crippen LogP) is 5.17. The normalized spacial score (nSPS) is 13.9. The minimum absolute atomic E-state index is 0.0181. The summed E-state index contributed by atoms with van der Waals surface area (Å²) in [5, 5.41) is 3.67. The summed E-state index contributed by atoms with van der Waals surface area (Å²) in [4.78, 5) is 35.7. The molecule has 1 fully saturated rings. The number of amides is 1. The van der Waals surface area contributed by atoms with Crippen LogP contribution in [0.15, 0.2) is 72.2 Å². The van der Waals surface area contributed by atoms with E-state index in [9.17, 15) is 14.0 Å². The predicted molar refractivity (Wildman–Crippen MR) is 161 cm³/mol. The number of nitrogens with zero attached hydrogens (tertiary/aromatic N) is 4. The van der Waals surface area contributed by atoms with Crippen molar-refractivity contribution in [2.75, 3.05) is 24.3 Å². The van der Waals surface area contributed by atoms with E-state index in [-0.39, 0.29) is 5.56 Å². The molecule has 0 radical (unpaired) electrons. The summed E-state index contributed by atoms with van der Waals surface area (Å²) in [6.45, 7) is 3.97. The molecule has 6 rings (SSSR count). The van der Waals surface area contributed by atoms with Crippen LogP contribution in [0.3, 0.4) is 0 Å². The van der Waals surface area contributed by atoms with Gasteiger partial charge in [0.05, 0.1) is 5.39 Å². The average molecular weight is 567 g/mol. The smallest absolute Gasteiger partial charge is 0.261 e. The molecule has 1 saturated heterocycles. The Morgan fingerprint density at radius 2 is 1.81 bits per heavy atom. The lowest BCUT2D eigenvalue weighted by molar-refractivity contribution is 0.0612. The second-order valence-corrected chi connectivity index (χ2v) is 10.8. The lowest BCUT2D eigenvalue weighted by Crippen LogP contribution is -2.26. The number of carbonyl (C=O) groups excluding carboxylic acids is 1. The van der Waals surface area contributed by atoms with Gasteiger partial charge in [0.1, 0.15) is 29.2 Å². The summed E-state index contributed by atoms with van der Waals surface area (Å²) in [6, 6.07) is 11.3. The second-order valence-electron chi connectivity index (χ2n) is 10.8. The molecule has 0 bridgehead atoms. The Kier molecular flexibility index (Phi) is 7.30. The molecule has 4 heterocycles. The number of benzene rings is 2. The number of aromatic nitrogens is 4. The van der Waals surface area contributed by atoms with Gasteiger partial charge in [-0.05, 0) is 66.6 Å². The highest BCUT2D eigenvalue weighted by Gasteiger charge is 2.20. The first-order chi connectivity index (χ1) is 20.3. The number of halogens is 1. The summed E-state index contributed by atoms with van der Waals surface area (Å²) in [7, 11) is 1.90. The highest BCUT2D eigenvalue weighted by Crippen LogP contribution is 2.35. The monoisotopic (exact) mass is 566 g/mol. The van der Waals surface area contributed by atoms with Gasteiger partial charge in [0.15, 0.2) is 0 Å². The SMILES string of the molecule is Cc1cc(NC(=O)c2cn(CC3CCOCC3)cc(-c3ccc(F)cc3)c2=O)ccc1-c1cn(C)c2ncnc(N)c12. The van der Waals surface area contributed by atoms with Gasteiger partial charge in [0.2, 0.25) is 5.43 Å². The topological polar surface area (TPSA) is 117 Å². The van der Waals surface area contributed by atoms with E-state index in [4.69, 9.17) is 10.5 Å². The minimum atomic E-state index is -0.514. The molecule has 214 valence electrons. The van der Waals surface area contributed by atoms with Crippen molar-refractivity contribution in [2.24, 2.45) is 13.0 Å². The Hall–Kier alpha value is -4.83. The quantitative estimate of drug-likeness (QED) is 0.293. The number of anilines is 2. The van der Waals surface area contributed by atoms with Crippen LogP contribution >= 0.6 is 0 Å². The Morgan fingerprint density at radius 3 is 2.55 bits per heavy atom. The van der Waals surface area contributed by atoms with E-state index in [2.05, 4.69) is 15.3 Å². The molecule has 10 heteroatoms. The van der Waals surface area contributed by atoms with Crippen molar-refractivity contribution in [3.8, 4) is 22.3 Å². The first kappa shape index (κ1) is 27.3. The standard InChI is InChI=1S/C32H31FN6O3/c1-19-13-23(7-8-24(19)26-15-38(2)31-28(26)30(34)35-18-36-31)37-32(41)27-17-39(14-20-9-11-42-12-10-20)16-25(29(27)40)21-3-5-22(33)6-4-21/h3-8,13,15-18,20H,9-12,14H2,1-2H3,(H,37,41)(H2,34,35,36). The highest BCUT2D eigenvalue weighted by molar-refractivity contribution is 6.05. The van der Waals surface area contributed by atoms with Crippen molar-refractivity contribution in [1.29, 1.82) is 0 Å². The number of nitrogen functional groups attached to an aromatic ring is 1. The van der Waals surface area contributed by atoms with Gasteiger partial charge in [0, 0.05) is 62.2 Å². The van der Waals surface area contributed by atoms with E-state index in [0.717, 1.165) is 40.6 Å². The molecular weight excluding hydrogens is 535 g/mol. The third kappa shape index (κ3) is 5.28. The van der Waals surface area contributed by atoms with Crippen LogP contribution in [0.4, 0.5) is 15.9 Å². The van der Waals surface area contributed by atoms with E-state index in [1.54, 1.807) is 30.6 Å². The first-order valence-electron chi connectivity index (χ1n) is 13.8. The van der Waals surface area contributed by atoms with Crippen LogP contribution < -0.4 is 16.5 Å². The Bertz CT molecular complexity index is 1860. The van der Waals surface area contributed by atoms with Crippen molar-refractivity contribution in [2.45, 2.75) is 26.3 Å². The van der Waals surface area contributed by atoms with Gasteiger partial charge in [-0.3, -0.25) is 9.59 Å². The fourth-order valence-corrected chi connectivity index (χ4v) is 5.64. The highest BCUT2D eigenvalue weighted by atomic mass is 19.1. The molecule has 2 aromatic carbocycles. The first-order valence-corrected chi connectivity index (χ1v) is 13.8. The Balaban J connectivity index is 1.33. The van der Waals surface area contributed by atoms with Crippen molar-refractivity contribution in [3.63, 3.8) is 0 Å². The van der Waals surface area contributed by atoms with Gasteiger partial charge >= 0.3 is 0 Å². The van der Waals surface area contributed by atoms with Crippen LogP contribution in [-0.4, -0.2) is 38.2 Å². The number of hydrogen-bond acceptors (Lipinski definition) is 6. The third-order valence-corrected chi connectivity index (χ3v) is 7.85. The fourth-order valence-electron chi connectivity index (χ4n) is 5.64. The lowest BCUT2D eigenvalue weighted by atomic mass is 9.99. The Morgan fingerprint density at radius 1 is 1.05 bits per heavy atom. The molecule has 1 amide bonds. The minimum Gasteiger partial charge on any atom is -0.383 e. The number of aryl methyl sites for hydroxylation is 2. The van der Waals surface area contributed by atoms with Gasteiger partial charge in [-0.2, -0.15) is 0 Å². The van der Waals surface area contributed by atoms with Gasteiger partial charge in [-0.15, -0.1) is 0 Å². The van der Waals surface area contributed by atoms with E-state index in [0.29, 0.717) is 48.3 Å². The zero-order chi connectivity index (χ0) is 29.4. The summed E-state index contributed by atoms with van der Waals surface area (Å²) >= 11 is 0. The molecule has 0 spiro atoms. The summed E-state index contributed by atoms with van der Waals surface area (Å²) in [5.41, 5.74) is 10.7. The summed E-state index contributed by atoms with van der Waals surface area (Å²) in [6.07, 6.45) is 8.56. The summed E-state index contributed by atoms with van der Waals surface area (Å²) < 4.78 is 22.9. The number of hydrogen-bond donors (Lipinski definition) is 2. The molecule has 1 aliphatic heterocycles. The van der Waals surface area contributed by atoms with Crippen LogP contribution in [0, 0.1) is 18.7 Å². The number of fused-ring (bicyclic) bond motifs is 1. The molecule has 42 heavy (non-hydrogen) atoms. The maximum atomic E-state index is 13.6. The molecule has 3 N–H and O–H groups in total. The Labute approximate surface area is 241 Å². The maximum Gasteiger partial charge on any atom is 0.261 e. The van der Waals surface area contributed by atoms with Gasteiger partial charge in [0.25, 0.3) is 5.91 Å². The van der Waals surface area contributed by atoms with E-state index < -0.39 is 17.2 Å². The third-order valence-electron chi connectivity index (χ3n) is 7.85. The van der Waals surface area contributed by atoms with Crippen LogP contribution in [0.1, 0.15) is 28.8 Å². The number of rotatable bonds is 6. The van der Waals surface area contributed by atoms with Crippen molar-refractivity contribution >= 4 is 28.4 Å². The molecular formula is C32H31FN6O3. The van der Waals surface area contributed by atoms with E-state index in [1.807, 2.05) is 41.4 Å². The molecule has 1 aliphatic rings. The molecule has 0 atom stereocenters. The maximum absolute atomic E-state index is 13.6. The van der Waals surface area contributed by atoms with Gasteiger partial charge in [-0.25, -0.2) is 14.4 Å². The molecule has 0 unspecified atom stereocenters. The summed E-state index contributed by atoms with van der Waals surface area (Å²) in [5.74, 6) is -0.153. The van der Waals surface area contributed by atoms with Crippen LogP contribution in [-0.2, 0) is 18.3 Å². The number of pyridine rings is 1. The molecule has 5 aromatic rings. The van der Waals surface area contributed by atoms with Crippen molar-refractivity contribution in [3.05, 3.63) is 94.5 Å². The lowest BCUT2D eigenvalue weighted by Gasteiger charge is -2.23. The zero-order valence-electron chi connectivity index (χ0n) is 23.4. The number of carbonyl (C=O) groups is 1. The molecule has 0 aliphatic carbocycles. The zero-order valence-corrected chi connectivity index (χ0v) is 23.4. The van der Waals surface area contributed by atoms with Gasteiger partial charge < -0.3 is 24.9 Å². The fraction of sp³-hybridized carbons (Fsp3) is 0.250. The number of nitrogens with one attached hydrogen (secondary N) is 1. The van der Waals surface area contributed by atoms with Crippen LogP contribution in [0.2, 0.25) is 0 Å². The van der Waals surface area contributed by atoms with E-state index >= 15 is 0 Å². The largest absolute Gasteiger partial charge is 0.383 e. The van der Waals surface area contributed by atoms with Crippen LogP contribution in [0.25, 0.3) is 33.3 Å². The molecule has 0 saturated carbocycles. The van der Waals surface area contributed by atoms with Crippen molar-refractivity contribution < 1.29 is 13.9 Å². The van der Waals surface area contributed by atoms with Crippen molar-refractivity contribution in [1.82, 2.24) is 19.1 Å². The number of ether oxygens (including phenoxy) is 1. The molecule has 3 aromatic heterocycles. The van der Waals surface area contributed by atoms with E-state index in [1.165, 1.54) is 18.5 Å².